The van der Waals surface area contributed by atoms with Crippen molar-refractivity contribution in [3.05, 3.63) is 57.7 Å². The van der Waals surface area contributed by atoms with Crippen molar-refractivity contribution in [1.29, 1.82) is 0 Å². The summed E-state index contributed by atoms with van der Waals surface area (Å²) in [6, 6.07) is 7.51. The van der Waals surface area contributed by atoms with E-state index in [1.54, 1.807) is 15.5 Å². The molecular formula is C17H15N3O3S. The van der Waals surface area contributed by atoms with Crippen molar-refractivity contribution in [1.82, 2.24) is 14.3 Å². The molecule has 4 rings (SSSR count). The fraction of sp³-hybridized carbons (Fsp3) is 0.235. The maximum Gasteiger partial charge on any atom is 0.348 e. The van der Waals surface area contributed by atoms with Crippen LogP contribution >= 0.6 is 11.3 Å². The highest BCUT2D eigenvalue weighted by Gasteiger charge is 2.26. The number of carbonyl (C=O) groups excluding carboxylic acids is 2. The number of nitrogens with zero attached hydrogens (tertiary/aromatic N) is 3. The van der Waals surface area contributed by atoms with Crippen LogP contribution in [0.4, 0.5) is 0 Å². The van der Waals surface area contributed by atoms with Crippen molar-refractivity contribution < 1.29 is 14.3 Å². The molecule has 122 valence electrons. The van der Waals surface area contributed by atoms with Crippen molar-refractivity contribution >= 4 is 28.9 Å². The number of rotatable bonds is 2. The summed E-state index contributed by atoms with van der Waals surface area (Å²) < 4.78 is 6.57. The first kappa shape index (κ1) is 14.9. The summed E-state index contributed by atoms with van der Waals surface area (Å²) in [5.41, 5.74) is 2.43. The minimum absolute atomic E-state index is 0.0487. The fourth-order valence-corrected chi connectivity index (χ4v) is 4.09. The van der Waals surface area contributed by atoms with Crippen LogP contribution in [0.3, 0.4) is 0 Å². The predicted molar refractivity (Wildman–Crippen MR) is 89.3 cm³/mol. The summed E-state index contributed by atoms with van der Waals surface area (Å²) in [5.74, 6) is -0.374. The molecular weight excluding hydrogens is 326 g/mol. The van der Waals surface area contributed by atoms with Crippen LogP contribution in [0, 0.1) is 0 Å². The molecule has 24 heavy (non-hydrogen) atoms. The molecule has 0 bridgehead atoms. The average Bonchev–Trinajstić information content (AvgIpc) is 3.23. The molecule has 1 aliphatic rings. The quantitative estimate of drug-likeness (QED) is 0.672. The number of imidazole rings is 1. The first-order valence-corrected chi connectivity index (χ1v) is 8.40. The summed E-state index contributed by atoms with van der Waals surface area (Å²) in [6.07, 6.45) is 4.19. The largest absolute Gasteiger partial charge is 0.465 e. The topological polar surface area (TPSA) is 63.9 Å². The van der Waals surface area contributed by atoms with Crippen molar-refractivity contribution in [3.8, 4) is 0 Å². The number of ether oxygens (including phenoxy) is 1. The van der Waals surface area contributed by atoms with Gasteiger partial charge in [0.1, 0.15) is 16.2 Å². The van der Waals surface area contributed by atoms with Crippen LogP contribution in [0.5, 0.6) is 0 Å². The Morgan fingerprint density at radius 3 is 3.04 bits per heavy atom. The number of pyridine rings is 1. The lowest BCUT2D eigenvalue weighted by atomic mass is 10.1. The monoisotopic (exact) mass is 341 g/mol. The zero-order valence-corrected chi connectivity index (χ0v) is 13.9. The molecule has 6 nitrogen and oxygen atoms in total. The van der Waals surface area contributed by atoms with E-state index in [1.807, 2.05) is 30.5 Å². The van der Waals surface area contributed by atoms with E-state index >= 15 is 0 Å². The summed E-state index contributed by atoms with van der Waals surface area (Å²) in [4.78, 5) is 32.2. The van der Waals surface area contributed by atoms with Gasteiger partial charge in [-0.25, -0.2) is 9.78 Å². The minimum atomic E-state index is -0.325. The van der Waals surface area contributed by atoms with E-state index in [9.17, 15) is 9.59 Å². The number of hydrogen-bond acceptors (Lipinski definition) is 5. The SMILES string of the molecule is COC(=O)c1cc2c(s1)CN(C(=O)c1cnc3ccccn13)CC2. The van der Waals surface area contributed by atoms with Gasteiger partial charge in [-0.15, -0.1) is 11.3 Å². The molecule has 0 aromatic carbocycles. The molecule has 0 N–H and O–H groups in total. The van der Waals surface area contributed by atoms with E-state index in [-0.39, 0.29) is 11.9 Å². The Morgan fingerprint density at radius 1 is 1.33 bits per heavy atom. The number of thiophene rings is 1. The van der Waals surface area contributed by atoms with Crippen LogP contribution in [0.25, 0.3) is 5.65 Å². The number of hydrogen-bond donors (Lipinski definition) is 0. The van der Waals surface area contributed by atoms with Gasteiger partial charge in [0.2, 0.25) is 0 Å². The smallest absolute Gasteiger partial charge is 0.348 e. The second-order valence-electron chi connectivity index (χ2n) is 5.60. The van der Waals surface area contributed by atoms with Gasteiger partial charge in [-0.05, 0) is 30.2 Å². The molecule has 0 saturated heterocycles. The summed E-state index contributed by atoms with van der Waals surface area (Å²) in [6.45, 7) is 1.14. The standard InChI is InChI=1S/C17H15N3O3S/c1-23-17(22)13-8-11-5-7-19(10-14(11)24-13)16(21)12-9-18-15-4-2-3-6-20(12)15/h2-4,6,8-9H,5,7,10H2,1H3. The second kappa shape index (κ2) is 5.76. The number of amides is 1. The van der Waals surface area contributed by atoms with Gasteiger partial charge in [0.15, 0.2) is 0 Å². The van der Waals surface area contributed by atoms with Crippen molar-refractivity contribution in [2.45, 2.75) is 13.0 Å². The van der Waals surface area contributed by atoms with Gasteiger partial charge in [-0.1, -0.05) is 6.07 Å². The van der Waals surface area contributed by atoms with Crippen LogP contribution in [-0.2, 0) is 17.7 Å². The predicted octanol–water partition coefficient (Wildman–Crippen LogP) is 2.38. The molecule has 0 aliphatic carbocycles. The Labute approximate surface area is 142 Å². The van der Waals surface area contributed by atoms with Gasteiger partial charge in [0.05, 0.1) is 19.9 Å². The lowest BCUT2D eigenvalue weighted by Crippen LogP contribution is -2.35. The molecule has 4 heterocycles. The highest BCUT2D eigenvalue weighted by molar-refractivity contribution is 7.14. The van der Waals surface area contributed by atoms with E-state index in [1.165, 1.54) is 18.4 Å². The lowest BCUT2D eigenvalue weighted by Gasteiger charge is -2.26. The van der Waals surface area contributed by atoms with Crippen LogP contribution in [0.15, 0.2) is 36.7 Å². The molecule has 1 amide bonds. The molecule has 0 spiro atoms. The summed E-state index contributed by atoms with van der Waals surface area (Å²) in [5, 5.41) is 0. The number of fused-ring (bicyclic) bond motifs is 2. The Balaban J connectivity index is 1.61. The third-order valence-electron chi connectivity index (χ3n) is 4.19. The molecule has 1 aliphatic heterocycles. The van der Waals surface area contributed by atoms with Gasteiger partial charge in [0.25, 0.3) is 5.91 Å². The number of methoxy groups -OCH3 is 1. The van der Waals surface area contributed by atoms with Crippen molar-refractivity contribution in [3.63, 3.8) is 0 Å². The number of carbonyl (C=O) groups is 2. The van der Waals surface area contributed by atoms with Crippen LogP contribution in [0.1, 0.15) is 30.6 Å². The number of aromatic nitrogens is 2. The Bertz CT molecular complexity index is 944. The fourth-order valence-electron chi connectivity index (χ4n) is 2.95. The number of esters is 1. The van der Waals surface area contributed by atoms with Gasteiger partial charge in [-0.2, -0.15) is 0 Å². The third kappa shape index (κ3) is 2.37. The molecule has 0 saturated carbocycles. The van der Waals surface area contributed by atoms with E-state index in [0.29, 0.717) is 23.7 Å². The maximum absolute atomic E-state index is 12.9. The van der Waals surface area contributed by atoms with E-state index in [2.05, 4.69) is 4.98 Å². The van der Waals surface area contributed by atoms with E-state index < -0.39 is 0 Å². The van der Waals surface area contributed by atoms with Crippen molar-refractivity contribution in [2.24, 2.45) is 0 Å². The normalized spacial score (nSPS) is 13.8. The first-order valence-electron chi connectivity index (χ1n) is 7.58. The van der Waals surface area contributed by atoms with Gasteiger partial charge < -0.3 is 9.64 Å². The Morgan fingerprint density at radius 2 is 2.21 bits per heavy atom. The summed E-state index contributed by atoms with van der Waals surface area (Å²) >= 11 is 1.40. The van der Waals surface area contributed by atoms with Crippen LogP contribution < -0.4 is 0 Å². The highest BCUT2D eigenvalue weighted by Crippen LogP contribution is 2.29. The zero-order valence-electron chi connectivity index (χ0n) is 13.1. The second-order valence-corrected chi connectivity index (χ2v) is 6.74. The zero-order chi connectivity index (χ0) is 16.7. The molecule has 0 atom stereocenters. The highest BCUT2D eigenvalue weighted by atomic mass is 32.1. The molecule has 3 aromatic rings. The molecule has 0 fully saturated rings. The van der Waals surface area contributed by atoms with E-state index in [0.717, 1.165) is 22.5 Å². The Hall–Kier alpha value is -2.67. The van der Waals surface area contributed by atoms with Crippen molar-refractivity contribution in [2.75, 3.05) is 13.7 Å². The van der Waals surface area contributed by atoms with Gasteiger partial charge in [-0.3, -0.25) is 9.20 Å². The molecule has 7 heteroatoms. The lowest BCUT2D eigenvalue weighted by molar-refractivity contribution is 0.0605. The van der Waals surface area contributed by atoms with E-state index in [4.69, 9.17) is 4.74 Å². The van der Waals surface area contributed by atoms with Crippen LogP contribution in [-0.4, -0.2) is 39.8 Å². The third-order valence-corrected chi connectivity index (χ3v) is 5.33. The first-order chi connectivity index (χ1) is 11.7. The van der Waals surface area contributed by atoms with Crippen LogP contribution in [0.2, 0.25) is 0 Å². The molecule has 3 aromatic heterocycles. The average molecular weight is 341 g/mol. The Kier molecular flexibility index (Phi) is 3.57. The van der Waals surface area contributed by atoms with Gasteiger partial charge >= 0.3 is 5.97 Å². The maximum atomic E-state index is 12.9. The minimum Gasteiger partial charge on any atom is -0.465 e. The summed E-state index contributed by atoms with van der Waals surface area (Å²) in [7, 11) is 1.38. The molecule has 0 unspecified atom stereocenters. The molecule has 0 radical (unpaired) electrons. The van der Waals surface area contributed by atoms with Gasteiger partial charge in [0, 0.05) is 17.6 Å².